The maximum absolute atomic E-state index is 12.2. The van der Waals surface area contributed by atoms with Crippen LogP contribution in [0.4, 0.5) is 0 Å². The predicted molar refractivity (Wildman–Crippen MR) is 142 cm³/mol. The Morgan fingerprint density at radius 2 is 1.09 bits per heavy atom. The van der Waals surface area contributed by atoms with Crippen LogP contribution in [0.5, 0.6) is 0 Å². The quantitative estimate of drug-likeness (QED) is 0.109. The third-order valence-corrected chi connectivity index (χ3v) is 6.77. The van der Waals surface area contributed by atoms with Crippen molar-refractivity contribution in [1.82, 2.24) is 0 Å². The summed E-state index contributed by atoms with van der Waals surface area (Å²) >= 11 is 3.42. The highest BCUT2D eigenvalue weighted by atomic mass is 32.2. The fourth-order valence-corrected chi connectivity index (χ4v) is 4.95. The highest BCUT2D eigenvalue weighted by Crippen LogP contribution is 2.21. The van der Waals surface area contributed by atoms with E-state index in [1.807, 2.05) is 60.7 Å². The molecular formula is C28H32O4S2. The molecule has 0 aliphatic rings. The fraction of sp³-hybridized carbons (Fsp3) is 0.286. The normalized spacial score (nSPS) is 12.6. The zero-order valence-electron chi connectivity index (χ0n) is 19.3. The second-order valence-electron chi connectivity index (χ2n) is 7.40. The molecule has 2 aromatic carbocycles. The molecule has 2 rings (SSSR count). The minimum absolute atomic E-state index is 0.287. The molecule has 0 saturated carbocycles. The maximum Gasteiger partial charge on any atom is 0.331 e. The molecule has 2 atom stereocenters. The summed E-state index contributed by atoms with van der Waals surface area (Å²) in [5.41, 5.74) is 0. The first-order valence-electron chi connectivity index (χ1n) is 11.3. The van der Waals surface area contributed by atoms with Crippen LogP contribution < -0.4 is 0 Å². The molecule has 0 aromatic heterocycles. The summed E-state index contributed by atoms with van der Waals surface area (Å²) in [6.45, 7) is 7.48. The van der Waals surface area contributed by atoms with Crippen LogP contribution in [0.2, 0.25) is 0 Å². The average molecular weight is 497 g/mol. The van der Waals surface area contributed by atoms with Crippen LogP contribution in [0.15, 0.2) is 108 Å². The van der Waals surface area contributed by atoms with Crippen molar-refractivity contribution in [2.24, 2.45) is 0 Å². The minimum atomic E-state index is -0.562. The van der Waals surface area contributed by atoms with Crippen LogP contribution in [-0.4, -0.2) is 35.7 Å². The molecule has 0 saturated heterocycles. The number of carbonyl (C=O) groups excluding carboxylic acids is 2. The molecule has 2 aromatic rings. The topological polar surface area (TPSA) is 52.6 Å². The second kappa shape index (κ2) is 16.8. The van der Waals surface area contributed by atoms with Gasteiger partial charge in [-0.3, -0.25) is 0 Å². The van der Waals surface area contributed by atoms with Crippen LogP contribution in [0.3, 0.4) is 0 Å². The Bertz CT molecular complexity index is 837. The summed E-state index contributed by atoms with van der Waals surface area (Å²) in [7, 11) is 0. The lowest BCUT2D eigenvalue weighted by molar-refractivity contribution is -0.145. The van der Waals surface area contributed by atoms with Crippen LogP contribution in [0.1, 0.15) is 25.7 Å². The largest absolute Gasteiger partial charge is 0.459 e. The van der Waals surface area contributed by atoms with Crippen molar-refractivity contribution in [2.75, 3.05) is 11.5 Å². The molecule has 0 amide bonds. The van der Waals surface area contributed by atoms with Gasteiger partial charge < -0.3 is 9.47 Å². The van der Waals surface area contributed by atoms with E-state index in [-0.39, 0.29) is 12.2 Å². The lowest BCUT2D eigenvalue weighted by Gasteiger charge is -2.16. The molecular weight excluding hydrogens is 464 g/mol. The number of benzene rings is 2. The van der Waals surface area contributed by atoms with E-state index in [1.54, 1.807) is 35.7 Å². The number of hydrogen-bond acceptors (Lipinski definition) is 6. The Morgan fingerprint density at radius 3 is 1.44 bits per heavy atom. The number of thioether (sulfide) groups is 2. The second-order valence-corrected chi connectivity index (χ2v) is 9.74. The molecule has 180 valence electrons. The third-order valence-electron chi connectivity index (χ3n) is 4.68. The monoisotopic (exact) mass is 496 g/mol. The lowest BCUT2D eigenvalue weighted by atomic mass is 10.2. The van der Waals surface area contributed by atoms with E-state index in [4.69, 9.17) is 9.47 Å². The van der Waals surface area contributed by atoms with Crippen molar-refractivity contribution >= 4 is 35.5 Å². The number of ether oxygens (including phenoxy) is 2. The van der Waals surface area contributed by atoms with Gasteiger partial charge >= 0.3 is 11.9 Å². The number of hydrogen-bond donors (Lipinski definition) is 0. The molecule has 0 bridgehead atoms. The van der Waals surface area contributed by atoms with Gasteiger partial charge in [0, 0.05) is 46.3 Å². The SMILES string of the molecule is C=CCC(CCSc1ccccc1)OC(=O)/C=C\C(=O)OC(CC=C)CCSc1ccccc1. The van der Waals surface area contributed by atoms with Crippen molar-refractivity contribution in [3.8, 4) is 0 Å². The molecule has 0 aliphatic carbocycles. The van der Waals surface area contributed by atoms with E-state index in [0.717, 1.165) is 23.7 Å². The average Bonchev–Trinajstić information content (AvgIpc) is 2.84. The molecule has 0 spiro atoms. The molecule has 2 unspecified atom stereocenters. The third kappa shape index (κ3) is 12.0. The Labute approximate surface area is 211 Å². The summed E-state index contributed by atoms with van der Waals surface area (Å²) in [5.74, 6) is 0.499. The first-order chi connectivity index (χ1) is 16.6. The summed E-state index contributed by atoms with van der Waals surface area (Å²) in [6.07, 6.45) is 7.65. The van der Waals surface area contributed by atoms with Gasteiger partial charge in [0.1, 0.15) is 12.2 Å². The Kier molecular flexibility index (Phi) is 13.6. The zero-order chi connectivity index (χ0) is 24.4. The van der Waals surface area contributed by atoms with Gasteiger partial charge in [0.2, 0.25) is 0 Å². The van der Waals surface area contributed by atoms with E-state index >= 15 is 0 Å². The van der Waals surface area contributed by atoms with E-state index in [1.165, 1.54) is 9.79 Å². The Hall–Kier alpha value is -2.70. The number of carbonyl (C=O) groups is 2. The van der Waals surface area contributed by atoms with Crippen LogP contribution in [0.25, 0.3) is 0 Å². The molecule has 4 nitrogen and oxygen atoms in total. The molecule has 0 fully saturated rings. The van der Waals surface area contributed by atoms with Crippen molar-refractivity contribution in [3.05, 3.63) is 98.1 Å². The molecule has 0 radical (unpaired) electrons. The predicted octanol–water partition coefficient (Wildman–Crippen LogP) is 6.88. The number of esters is 2. The van der Waals surface area contributed by atoms with Gasteiger partial charge in [-0.2, -0.15) is 0 Å². The highest BCUT2D eigenvalue weighted by Gasteiger charge is 2.14. The summed E-state index contributed by atoms with van der Waals surface area (Å²) in [4.78, 5) is 26.8. The van der Waals surface area contributed by atoms with E-state index < -0.39 is 11.9 Å². The standard InChI is InChI=1S/C28H32O4S2/c1-3-11-23(19-21-33-25-13-7-5-8-14-25)31-27(29)17-18-28(30)32-24(12-4-2)20-22-34-26-15-9-6-10-16-26/h3-10,13-18,23-24H,1-2,11-12,19-22H2/b18-17-. The Morgan fingerprint density at radius 1 is 0.706 bits per heavy atom. The van der Waals surface area contributed by atoms with Gasteiger partial charge in [0.05, 0.1) is 0 Å². The summed E-state index contributed by atoms with van der Waals surface area (Å²) < 4.78 is 11.0. The van der Waals surface area contributed by atoms with Crippen molar-refractivity contribution in [3.63, 3.8) is 0 Å². The summed E-state index contributed by atoms with van der Waals surface area (Å²) in [5, 5.41) is 0. The molecule has 6 heteroatoms. The fourth-order valence-electron chi connectivity index (χ4n) is 3.01. The van der Waals surface area contributed by atoms with Crippen molar-refractivity contribution < 1.29 is 19.1 Å². The van der Waals surface area contributed by atoms with Crippen molar-refractivity contribution in [2.45, 2.75) is 47.7 Å². The first-order valence-corrected chi connectivity index (χ1v) is 13.2. The molecule has 0 heterocycles. The molecule has 34 heavy (non-hydrogen) atoms. The van der Waals surface area contributed by atoms with Crippen LogP contribution in [-0.2, 0) is 19.1 Å². The van der Waals surface area contributed by atoms with E-state index in [9.17, 15) is 9.59 Å². The van der Waals surface area contributed by atoms with E-state index in [0.29, 0.717) is 25.7 Å². The van der Waals surface area contributed by atoms with Gasteiger partial charge in [-0.05, 0) is 37.1 Å². The molecule has 0 aliphatic heterocycles. The Balaban J connectivity index is 1.75. The molecule has 0 N–H and O–H groups in total. The zero-order valence-corrected chi connectivity index (χ0v) is 21.0. The first kappa shape index (κ1) is 27.5. The van der Waals surface area contributed by atoms with Gasteiger partial charge in [-0.1, -0.05) is 48.6 Å². The van der Waals surface area contributed by atoms with Crippen LogP contribution in [0, 0.1) is 0 Å². The maximum atomic E-state index is 12.2. The van der Waals surface area contributed by atoms with Crippen molar-refractivity contribution in [1.29, 1.82) is 0 Å². The van der Waals surface area contributed by atoms with E-state index in [2.05, 4.69) is 13.2 Å². The van der Waals surface area contributed by atoms with Gasteiger partial charge in [-0.15, -0.1) is 36.7 Å². The number of rotatable bonds is 16. The lowest BCUT2D eigenvalue weighted by Crippen LogP contribution is -2.19. The minimum Gasteiger partial charge on any atom is -0.459 e. The summed E-state index contributed by atoms with van der Waals surface area (Å²) in [6, 6.07) is 20.1. The smallest absolute Gasteiger partial charge is 0.331 e. The van der Waals surface area contributed by atoms with Gasteiger partial charge in [-0.25, -0.2) is 9.59 Å². The van der Waals surface area contributed by atoms with Gasteiger partial charge in [0.15, 0.2) is 0 Å². The van der Waals surface area contributed by atoms with Crippen LogP contribution >= 0.6 is 23.5 Å². The highest BCUT2D eigenvalue weighted by molar-refractivity contribution is 7.99. The van der Waals surface area contributed by atoms with Gasteiger partial charge in [0.25, 0.3) is 0 Å².